The van der Waals surface area contributed by atoms with Gasteiger partial charge in [-0.3, -0.25) is 19.4 Å². The summed E-state index contributed by atoms with van der Waals surface area (Å²) in [6.45, 7) is 2.67. The van der Waals surface area contributed by atoms with E-state index in [-0.39, 0.29) is 12.5 Å². The number of nitrogens with zero attached hydrogens (tertiary/aromatic N) is 9. The summed E-state index contributed by atoms with van der Waals surface area (Å²) in [5.74, 6) is 0.570. The lowest BCUT2D eigenvalue weighted by atomic mass is 10.1. The molecule has 0 radical (unpaired) electrons. The zero-order valence-electron chi connectivity index (χ0n) is 19.8. The highest BCUT2D eigenvalue weighted by Gasteiger charge is 2.50. The van der Waals surface area contributed by atoms with E-state index in [2.05, 4.69) is 25.3 Å². The Morgan fingerprint density at radius 1 is 1.20 bits per heavy atom. The van der Waals surface area contributed by atoms with Crippen molar-refractivity contribution in [3.63, 3.8) is 0 Å². The first-order valence-corrected chi connectivity index (χ1v) is 12.6. The van der Waals surface area contributed by atoms with E-state index in [1.54, 1.807) is 17.9 Å². The monoisotopic (exact) mass is 499 g/mol. The number of carbonyl (C=O) groups excluding carboxylic acids is 3. The Kier molecular flexibility index (Phi) is 6.13. The van der Waals surface area contributed by atoms with E-state index in [0.29, 0.717) is 24.1 Å². The van der Waals surface area contributed by atoms with Crippen LogP contribution in [0.15, 0.2) is 16.3 Å². The van der Waals surface area contributed by atoms with Crippen LogP contribution in [0.2, 0.25) is 0 Å². The Hall–Kier alpha value is -3.55. The number of carbonyl (C=O) groups is 3. The summed E-state index contributed by atoms with van der Waals surface area (Å²) in [6.07, 6.45) is 7.47. The third-order valence-corrected chi connectivity index (χ3v) is 6.96. The lowest BCUT2D eigenvalue weighted by Crippen LogP contribution is -2.62. The van der Waals surface area contributed by atoms with Gasteiger partial charge in [0.1, 0.15) is 5.82 Å². The number of nitrogens with one attached hydrogen (secondary N) is 1. The molecule has 0 aromatic carbocycles. The van der Waals surface area contributed by atoms with Crippen LogP contribution in [0.4, 0.5) is 10.6 Å². The SMILES string of the molecule is CSc1nc(N2CCCC2)c2cnn(CCNC(=O)C[N+]3=CN=C4C3C(=O)N(C)C(=O)N4C)c2n1. The second-order valence-electron chi connectivity index (χ2n) is 8.60. The predicted molar refractivity (Wildman–Crippen MR) is 130 cm³/mol. The second-order valence-corrected chi connectivity index (χ2v) is 9.37. The number of hydrogen-bond donors (Lipinski definition) is 1. The van der Waals surface area contributed by atoms with E-state index in [9.17, 15) is 14.4 Å². The minimum Gasteiger partial charge on any atom is -0.356 e. The van der Waals surface area contributed by atoms with Crippen LogP contribution in [0.25, 0.3) is 11.0 Å². The number of imide groups is 1. The Morgan fingerprint density at radius 2 is 1.97 bits per heavy atom. The van der Waals surface area contributed by atoms with Crippen molar-refractivity contribution in [3.8, 4) is 0 Å². The van der Waals surface area contributed by atoms with Gasteiger partial charge in [-0.25, -0.2) is 24.0 Å². The molecule has 5 rings (SSSR count). The Labute approximate surface area is 205 Å². The van der Waals surface area contributed by atoms with Crippen LogP contribution in [-0.2, 0) is 16.1 Å². The number of anilines is 1. The molecule has 2 saturated heterocycles. The maximum atomic E-state index is 12.6. The number of likely N-dealkylation sites (N-methyl/N-ethyl adjacent to an activating group) is 2. The van der Waals surface area contributed by atoms with Gasteiger partial charge in [-0.2, -0.15) is 5.10 Å². The Balaban J connectivity index is 1.23. The highest BCUT2D eigenvalue weighted by atomic mass is 32.2. The maximum Gasteiger partial charge on any atom is 0.333 e. The molecule has 2 aromatic heterocycles. The molecule has 1 N–H and O–H groups in total. The fourth-order valence-corrected chi connectivity index (χ4v) is 4.90. The molecule has 5 heterocycles. The number of amides is 4. The van der Waals surface area contributed by atoms with Crippen LogP contribution in [0, 0.1) is 0 Å². The Bertz CT molecular complexity index is 1270. The van der Waals surface area contributed by atoms with Gasteiger partial charge in [-0.15, -0.1) is 0 Å². The summed E-state index contributed by atoms with van der Waals surface area (Å²) in [5.41, 5.74) is 0.745. The summed E-state index contributed by atoms with van der Waals surface area (Å²) >= 11 is 1.49. The molecule has 3 aliphatic heterocycles. The van der Waals surface area contributed by atoms with Crippen LogP contribution in [0.5, 0.6) is 0 Å². The minimum atomic E-state index is -0.783. The number of urea groups is 1. The summed E-state index contributed by atoms with van der Waals surface area (Å²) in [6, 6.07) is -1.23. The van der Waals surface area contributed by atoms with E-state index in [0.717, 1.165) is 47.7 Å². The highest BCUT2D eigenvalue weighted by Crippen LogP contribution is 2.28. The molecule has 2 aromatic rings. The van der Waals surface area contributed by atoms with Crippen LogP contribution in [-0.4, -0.2) is 117 Å². The number of aromatic nitrogens is 4. The van der Waals surface area contributed by atoms with Crippen molar-refractivity contribution in [2.24, 2.45) is 4.99 Å². The third kappa shape index (κ3) is 4.11. The van der Waals surface area contributed by atoms with E-state index < -0.39 is 18.0 Å². The molecule has 0 saturated carbocycles. The molecule has 4 amide bonds. The number of aliphatic imine (C=N–C) groups is 1. The molecular formula is C21H27N10O3S+. The maximum absolute atomic E-state index is 12.6. The van der Waals surface area contributed by atoms with Gasteiger partial charge in [0.05, 0.1) is 18.1 Å². The fourth-order valence-electron chi connectivity index (χ4n) is 4.54. The van der Waals surface area contributed by atoms with Gasteiger partial charge >= 0.3 is 6.03 Å². The quantitative estimate of drug-likeness (QED) is 0.310. The standard InChI is InChI=1S/C21H26N10O3S/c1-27-18-15(19(33)28(2)21(27)34)30(12-23-18)11-14(32)22-6-9-31-17-13(10-24-31)16(25-20(26-17)35-3)29-7-4-5-8-29/h10,12,15H,4-9,11H2,1-3H3/p+1. The smallest absolute Gasteiger partial charge is 0.333 e. The molecule has 14 heteroatoms. The molecule has 3 aliphatic rings. The van der Waals surface area contributed by atoms with Crippen molar-refractivity contribution in [2.75, 3.05) is 51.4 Å². The zero-order valence-corrected chi connectivity index (χ0v) is 20.7. The summed E-state index contributed by atoms with van der Waals surface area (Å²) in [5, 5.41) is 8.97. The average molecular weight is 500 g/mol. The van der Waals surface area contributed by atoms with Crippen molar-refractivity contribution >= 4 is 58.6 Å². The average Bonchev–Trinajstić information content (AvgIpc) is 3.61. The normalized spacial score (nSPS) is 20.0. The molecule has 0 spiro atoms. The number of fused-ring (bicyclic) bond motifs is 2. The molecule has 1 unspecified atom stereocenters. The van der Waals surface area contributed by atoms with Gasteiger partial charge in [-0.1, -0.05) is 11.8 Å². The van der Waals surface area contributed by atoms with Gasteiger partial charge in [0.2, 0.25) is 0 Å². The van der Waals surface area contributed by atoms with Crippen LogP contribution in [0.1, 0.15) is 12.8 Å². The minimum absolute atomic E-state index is 0.0585. The van der Waals surface area contributed by atoms with Crippen molar-refractivity contribution in [3.05, 3.63) is 6.20 Å². The van der Waals surface area contributed by atoms with Crippen molar-refractivity contribution < 1.29 is 19.0 Å². The molecule has 1 atom stereocenters. The van der Waals surface area contributed by atoms with E-state index >= 15 is 0 Å². The molecular weight excluding hydrogens is 472 g/mol. The van der Waals surface area contributed by atoms with Crippen LogP contribution >= 0.6 is 11.8 Å². The number of thioether (sulfide) groups is 1. The number of rotatable bonds is 7. The summed E-state index contributed by atoms with van der Waals surface area (Å²) < 4.78 is 3.32. The highest BCUT2D eigenvalue weighted by molar-refractivity contribution is 7.98. The molecule has 13 nitrogen and oxygen atoms in total. The summed E-state index contributed by atoms with van der Waals surface area (Å²) in [4.78, 5) is 55.5. The first-order valence-electron chi connectivity index (χ1n) is 11.4. The lowest BCUT2D eigenvalue weighted by molar-refractivity contribution is -0.519. The van der Waals surface area contributed by atoms with Gasteiger partial charge in [0, 0.05) is 33.7 Å². The first kappa shape index (κ1) is 23.2. The number of amidine groups is 1. The summed E-state index contributed by atoms with van der Waals surface area (Å²) in [7, 11) is 2.98. The zero-order chi connectivity index (χ0) is 24.7. The number of hydrogen-bond acceptors (Lipinski definition) is 9. The van der Waals surface area contributed by atoms with Gasteiger partial charge < -0.3 is 10.2 Å². The van der Waals surface area contributed by atoms with Crippen molar-refractivity contribution in [1.29, 1.82) is 0 Å². The fraction of sp³-hybridized carbons (Fsp3) is 0.524. The van der Waals surface area contributed by atoms with Crippen molar-refractivity contribution in [2.45, 2.75) is 30.6 Å². The van der Waals surface area contributed by atoms with Gasteiger partial charge in [0.25, 0.3) is 30.0 Å². The third-order valence-electron chi connectivity index (χ3n) is 6.41. The first-order chi connectivity index (χ1) is 16.9. The lowest BCUT2D eigenvalue weighted by Gasteiger charge is -2.30. The van der Waals surface area contributed by atoms with Crippen LogP contribution in [0.3, 0.4) is 0 Å². The van der Waals surface area contributed by atoms with Gasteiger partial charge in [0.15, 0.2) is 17.3 Å². The molecule has 0 aliphatic carbocycles. The van der Waals surface area contributed by atoms with E-state index in [1.165, 1.54) is 34.6 Å². The molecule has 0 bridgehead atoms. The second kappa shape index (κ2) is 9.24. The van der Waals surface area contributed by atoms with Crippen molar-refractivity contribution in [1.82, 2.24) is 34.9 Å². The molecule has 184 valence electrons. The molecule has 2 fully saturated rings. The predicted octanol–water partition coefficient (Wildman–Crippen LogP) is -0.390. The topological polar surface area (TPSA) is 132 Å². The molecule has 35 heavy (non-hydrogen) atoms. The Morgan fingerprint density at radius 3 is 2.71 bits per heavy atom. The van der Waals surface area contributed by atoms with Crippen LogP contribution < -0.4 is 10.2 Å². The van der Waals surface area contributed by atoms with E-state index in [4.69, 9.17) is 4.98 Å². The largest absolute Gasteiger partial charge is 0.356 e. The van der Waals surface area contributed by atoms with E-state index in [1.807, 2.05) is 6.26 Å². The van der Waals surface area contributed by atoms with Gasteiger partial charge in [-0.05, 0) is 24.1 Å².